The van der Waals surface area contributed by atoms with Crippen molar-refractivity contribution in [1.82, 2.24) is 9.88 Å². The quantitative estimate of drug-likeness (QED) is 0.405. The summed E-state index contributed by atoms with van der Waals surface area (Å²) in [5.74, 6) is 0.172. The van der Waals surface area contributed by atoms with E-state index in [4.69, 9.17) is 38.4 Å². The fourth-order valence-electron chi connectivity index (χ4n) is 3.94. The number of carbonyl (C=O) groups is 1. The number of nitrogens with zero attached hydrogens (tertiary/aromatic N) is 1. The Kier molecular flexibility index (Phi) is 7.70. The number of pyridine rings is 1. The van der Waals surface area contributed by atoms with Crippen molar-refractivity contribution in [2.75, 3.05) is 14.2 Å². The van der Waals surface area contributed by atoms with E-state index in [1.165, 1.54) is 31.3 Å². The molecule has 13 heteroatoms. The predicted octanol–water partition coefficient (Wildman–Crippen LogP) is 5.48. The van der Waals surface area contributed by atoms with Crippen LogP contribution >= 0.6 is 35.0 Å². The molecule has 1 aromatic heterocycles. The molecule has 0 spiro atoms. The van der Waals surface area contributed by atoms with E-state index in [2.05, 4.69) is 0 Å². The number of ether oxygens (including phenoxy) is 2. The summed E-state index contributed by atoms with van der Waals surface area (Å²) in [5.41, 5.74) is 4.80. The minimum atomic E-state index is -4.86. The largest absolute Gasteiger partial charge is 0.493 e. The number of halogens is 5. The third-order valence-electron chi connectivity index (χ3n) is 5.74. The van der Waals surface area contributed by atoms with Crippen LogP contribution in [0.1, 0.15) is 32.7 Å². The number of hydrogen-bond donors (Lipinski definition) is 2. The number of nitrogens with two attached hydrogens (primary N) is 1. The van der Waals surface area contributed by atoms with Crippen molar-refractivity contribution in [2.24, 2.45) is 5.73 Å². The summed E-state index contributed by atoms with van der Waals surface area (Å²) in [5, 5.41) is 0.246. The lowest BCUT2D eigenvalue weighted by Crippen LogP contribution is -2.32. The van der Waals surface area contributed by atoms with E-state index in [1.807, 2.05) is 0 Å². The fraction of sp³-hybridized carbons (Fsp3) is 0.250. The van der Waals surface area contributed by atoms with E-state index in [0.29, 0.717) is 34.9 Å². The molecule has 0 radical (unpaired) electrons. The molecular formula is C24H20Cl2F3N3O4S. The fourth-order valence-corrected chi connectivity index (χ4v) is 5.69. The van der Waals surface area contributed by atoms with E-state index in [-0.39, 0.29) is 39.5 Å². The van der Waals surface area contributed by atoms with Gasteiger partial charge in [0, 0.05) is 29.4 Å². The Balaban J connectivity index is 1.77. The molecule has 3 aromatic rings. The topological polar surface area (TPSA) is 97.7 Å². The molecule has 0 saturated heterocycles. The van der Waals surface area contributed by atoms with Gasteiger partial charge in [-0.25, -0.2) is 0 Å². The number of hydrogen-bond acceptors (Lipinski definition) is 6. The zero-order valence-electron chi connectivity index (χ0n) is 19.5. The van der Waals surface area contributed by atoms with Crippen LogP contribution in [0.15, 0.2) is 44.9 Å². The van der Waals surface area contributed by atoms with Gasteiger partial charge in [-0.2, -0.15) is 13.2 Å². The van der Waals surface area contributed by atoms with Crippen LogP contribution in [-0.4, -0.2) is 30.0 Å². The first-order valence-electron chi connectivity index (χ1n) is 10.7. The van der Waals surface area contributed by atoms with Crippen molar-refractivity contribution in [3.8, 4) is 11.5 Å². The summed E-state index contributed by atoms with van der Waals surface area (Å²) in [6, 6.07) is 7.18. The second-order valence-corrected chi connectivity index (χ2v) is 9.95. The molecule has 196 valence electrons. The van der Waals surface area contributed by atoms with Gasteiger partial charge < -0.3 is 25.1 Å². The molecule has 3 N–H and O–H groups in total. The maximum Gasteiger partial charge on any atom is 0.431 e. The monoisotopic (exact) mass is 573 g/mol. The SMILES string of the molecule is COc1cc2c(cc1OC)CN(C(=O)c1c(Sc3c(Cl)cc(CN)cc3Cl)cc(C(F)(F)F)[nH]c1=O)C2. The van der Waals surface area contributed by atoms with Crippen LogP contribution in [0.3, 0.4) is 0 Å². The lowest BCUT2D eigenvalue weighted by atomic mass is 10.1. The van der Waals surface area contributed by atoms with Crippen molar-refractivity contribution < 1.29 is 27.4 Å². The third-order valence-corrected chi connectivity index (χ3v) is 7.74. The second-order valence-electron chi connectivity index (χ2n) is 8.08. The number of carbonyl (C=O) groups excluding carboxylic acids is 1. The minimum Gasteiger partial charge on any atom is -0.493 e. The van der Waals surface area contributed by atoms with Gasteiger partial charge in [-0.05, 0) is 47.0 Å². The van der Waals surface area contributed by atoms with Crippen LogP contribution in [0, 0.1) is 0 Å². The van der Waals surface area contributed by atoms with E-state index in [1.54, 1.807) is 17.1 Å². The van der Waals surface area contributed by atoms with Crippen LogP contribution in [0.4, 0.5) is 13.2 Å². The number of aromatic amines is 1. The van der Waals surface area contributed by atoms with E-state index >= 15 is 0 Å². The molecule has 0 atom stereocenters. The van der Waals surface area contributed by atoms with Crippen LogP contribution in [0.2, 0.25) is 10.0 Å². The van der Waals surface area contributed by atoms with E-state index in [9.17, 15) is 22.8 Å². The molecule has 0 unspecified atom stereocenters. The molecule has 1 aliphatic heterocycles. The number of H-pyrrole nitrogens is 1. The molecule has 0 saturated carbocycles. The van der Waals surface area contributed by atoms with Crippen molar-refractivity contribution in [1.29, 1.82) is 0 Å². The van der Waals surface area contributed by atoms with Gasteiger partial charge in [-0.3, -0.25) is 9.59 Å². The van der Waals surface area contributed by atoms with Gasteiger partial charge in [0.05, 0.1) is 24.3 Å². The number of aromatic nitrogens is 1. The molecule has 2 aromatic carbocycles. The average molecular weight is 574 g/mol. The van der Waals surface area contributed by atoms with Gasteiger partial charge in [-0.1, -0.05) is 35.0 Å². The van der Waals surface area contributed by atoms with Crippen molar-refractivity contribution in [2.45, 2.75) is 35.6 Å². The zero-order chi connectivity index (χ0) is 27.1. The Morgan fingerprint density at radius 3 is 2.05 bits per heavy atom. The van der Waals surface area contributed by atoms with Crippen molar-refractivity contribution in [3.05, 3.63) is 78.7 Å². The first kappa shape index (κ1) is 27.2. The number of amides is 1. The molecular weight excluding hydrogens is 554 g/mol. The van der Waals surface area contributed by atoms with Crippen LogP contribution in [-0.2, 0) is 25.8 Å². The Morgan fingerprint density at radius 2 is 1.59 bits per heavy atom. The smallest absolute Gasteiger partial charge is 0.431 e. The number of fused-ring (bicyclic) bond motifs is 1. The van der Waals surface area contributed by atoms with Crippen LogP contribution < -0.4 is 20.8 Å². The highest BCUT2D eigenvalue weighted by Gasteiger charge is 2.36. The summed E-state index contributed by atoms with van der Waals surface area (Å²) >= 11 is 13.3. The van der Waals surface area contributed by atoms with Crippen LogP contribution in [0.25, 0.3) is 0 Å². The standard InChI is InChI=1S/C24H20Cl2F3N3O4S/c1-35-16-5-12-9-32(10-13(12)6-17(16)36-2)23(34)20-18(7-19(24(27,28)29)31-22(20)33)37-21-14(25)3-11(8-30)4-15(21)26/h3-7H,8-10,30H2,1-2H3,(H,31,33). The molecule has 37 heavy (non-hydrogen) atoms. The summed E-state index contributed by atoms with van der Waals surface area (Å²) in [7, 11) is 2.95. The Bertz CT molecular complexity index is 1390. The summed E-state index contributed by atoms with van der Waals surface area (Å²) in [6.07, 6.45) is -4.86. The number of nitrogens with one attached hydrogen (secondary N) is 1. The highest BCUT2D eigenvalue weighted by atomic mass is 35.5. The van der Waals surface area contributed by atoms with E-state index < -0.39 is 28.9 Å². The van der Waals surface area contributed by atoms with Gasteiger partial charge in [-0.15, -0.1) is 0 Å². The van der Waals surface area contributed by atoms with Gasteiger partial charge in [0.25, 0.3) is 11.5 Å². The minimum absolute atomic E-state index is 0.117. The summed E-state index contributed by atoms with van der Waals surface area (Å²) < 4.78 is 51.2. The Hall–Kier alpha value is -2.86. The Morgan fingerprint density at radius 1 is 1.05 bits per heavy atom. The maximum atomic E-state index is 13.6. The molecule has 4 rings (SSSR count). The summed E-state index contributed by atoms with van der Waals surface area (Å²) in [4.78, 5) is 29.5. The number of rotatable bonds is 6. The number of alkyl halides is 3. The van der Waals surface area contributed by atoms with Gasteiger partial charge in [0.1, 0.15) is 11.3 Å². The maximum absolute atomic E-state index is 13.6. The lowest BCUT2D eigenvalue weighted by Gasteiger charge is -2.19. The number of benzene rings is 2. The summed E-state index contributed by atoms with van der Waals surface area (Å²) in [6.45, 7) is 0.375. The first-order chi connectivity index (χ1) is 17.5. The third kappa shape index (κ3) is 5.40. The molecule has 7 nitrogen and oxygen atoms in total. The molecule has 1 amide bonds. The van der Waals surface area contributed by atoms with Crippen LogP contribution in [0.5, 0.6) is 11.5 Å². The van der Waals surface area contributed by atoms with E-state index in [0.717, 1.165) is 11.1 Å². The molecule has 2 heterocycles. The lowest BCUT2D eigenvalue weighted by molar-refractivity contribution is -0.141. The second kappa shape index (κ2) is 10.5. The van der Waals surface area contributed by atoms with Crippen molar-refractivity contribution in [3.63, 3.8) is 0 Å². The number of methoxy groups -OCH3 is 2. The normalized spacial score (nSPS) is 13.0. The van der Waals surface area contributed by atoms with Gasteiger partial charge >= 0.3 is 6.18 Å². The van der Waals surface area contributed by atoms with Gasteiger partial charge in [0.15, 0.2) is 11.5 Å². The predicted molar refractivity (Wildman–Crippen MR) is 134 cm³/mol. The van der Waals surface area contributed by atoms with Crippen molar-refractivity contribution >= 4 is 40.9 Å². The highest BCUT2D eigenvalue weighted by Crippen LogP contribution is 2.42. The molecule has 0 aliphatic carbocycles. The first-order valence-corrected chi connectivity index (χ1v) is 12.3. The molecule has 0 bridgehead atoms. The van der Waals surface area contributed by atoms with Gasteiger partial charge in [0.2, 0.25) is 0 Å². The zero-order valence-corrected chi connectivity index (χ0v) is 21.8. The Labute approximate surface area is 223 Å². The highest BCUT2D eigenvalue weighted by molar-refractivity contribution is 7.99. The molecule has 1 aliphatic rings. The molecule has 0 fully saturated rings. The average Bonchev–Trinajstić information content (AvgIpc) is 3.27.